The smallest absolute Gasteiger partial charge is 0.366 e. The summed E-state index contributed by atoms with van der Waals surface area (Å²) in [5.74, 6) is -6.12. The zero-order chi connectivity index (χ0) is 47.9. The van der Waals surface area contributed by atoms with Gasteiger partial charge in [-0.25, -0.2) is 24.0 Å². The van der Waals surface area contributed by atoms with Crippen LogP contribution in [0.3, 0.4) is 0 Å². The lowest BCUT2D eigenvalue weighted by molar-refractivity contribution is -0.141. The SMILES string of the molecule is C=CC(=O)OCCCCC(=O)Oc1cc(OC(=O)c2ccc(OCCCCCCCCOC(=O)C(=C)F)cc2)ccc1OC(=O)c1ccc(OCCCCCCCCOC(=O)C(=C)F)cc1. The van der Waals surface area contributed by atoms with E-state index in [1.165, 1.54) is 30.3 Å². The van der Waals surface area contributed by atoms with E-state index >= 15 is 0 Å². The van der Waals surface area contributed by atoms with E-state index in [2.05, 4.69) is 19.7 Å². The van der Waals surface area contributed by atoms with Crippen LogP contribution < -0.4 is 23.7 Å². The number of halogens is 2. The Morgan fingerprint density at radius 1 is 0.455 bits per heavy atom. The van der Waals surface area contributed by atoms with Gasteiger partial charge in [0.1, 0.15) is 17.2 Å². The van der Waals surface area contributed by atoms with Crippen LogP contribution in [0, 0.1) is 0 Å². The molecule has 0 N–H and O–H groups in total. The molecule has 0 heterocycles. The zero-order valence-corrected chi connectivity index (χ0v) is 37.2. The molecule has 0 unspecified atom stereocenters. The number of carbonyl (C=O) groups excluding carboxylic acids is 6. The molecule has 0 amide bonds. The first-order valence-electron chi connectivity index (χ1n) is 21.9. The Balaban J connectivity index is 1.50. The van der Waals surface area contributed by atoms with Crippen molar-refractivity contribution in [3.05, 3.63) is 115 Å². The van der Waals surface area contributed by atoms with Gasteiger partial charge in [0.05, 0.1) is 44.2 Å². The van der Waals surface area contributed by atoms with Crippen LogP contribution in [-0.2, 0) is 33.4 Å². The van der Waals surface area contributed by atoms with Crippen molar-refractivity contribution in [3.8, 4) is 28.7 Å². The second kappa shape index (κ2) is 31.1. The minimum Gasteiger partial charge on any atom is -0.494 e. The average molecular weight is 921 g/mol. The highest BCUT2D eigenvalue weighted by Gasteiger charge is 2.19. The molecule has 0 aliphatic heterocycles. The van der Waals surface area contributed by atoms with Crippen LogP contribution in [0.15, 0.2) is 104 Å². The van der Waals surface area contributed by atoms with Gasteiger partial charge >= 0.3 is 35.8 Å². The van der Waals surface area contributed by atoms with Gasteiger partial charge in [-0.05, 0) is 99.2 Å². The highest BCUT2D eigenvalue weighted by Crippen LogP contribution is 2.33. The van der Waals surface area contributed by atoms with Crippen molar-refractivity contribution in [3.63, 3.8) is 0 Å². The van der Waals surface area contributed by atoms with Crippen molar-refractivity contribution in [1.82, 2.24) is 0 Å². The molecule has 16 heteroatoms. The van der Waals surface area contributed by atoms with Gasteiger partial charge in [-0.2, -0.15) is 8.78 Å². The molecule has 3 rings (SSSR count). The molecule has 0 aliphatic rings. The quantitative estimate of drug-likeness (QED) is 0.0185. The fourth-order valence-electron chi connectivity index (χ4n) is 5.88. The van der Waals surface area contributed by atoms with Gasteiger partial charge in [-0.3, -0.25) is 4.79 Å². The minimum atomic E-state index is -1.10. The Morgan fingerprint density at radius 2 is 0.864 bits per heavy atom. The predicted octanol–water partition coefficient (Wildman–Crippen LogP) is 10.4. The molecule has 0 fully saturated rings. The molecule has 356 valence electrons. The maximum atomic E-state index is 13.2. The average Bonchev–Trinajstić information content (AvgIpc) is 3.30. The second-order valence-corrected chi connectivity index (χ2v) is 14.8. The first-order chi connectivity index (χ1) is 31.9. The summed E-state index contributed by atoms with van der Waals surface area (Å²) < 4.78 is 68.0. The Labute approximate surface area is 383 Å². The van der Waals surface area contributed by atoms with E-state index in [9.17, 15) is 37.5 Å². The van der Waals surface area contributed by atoms with Crippen LogP contribution in [0.4, 0.5) is 8.78 Å². The Bertz CT molecular complexity index is 2060. The molecule has 0 bridgehead atoms. The summed E-state index contributed by atoms with van der Waals surface area (Å²) in [6.45, 7) is 10.5. The van der Waals surface area contributed by atoms with Gasteiger partial charge in [0.25, 0.3) is 0 Å². The van der Waals surface area contributed by atoms with Crippen molar-refractivity contribution in [2.45, 2.75) is 96.3 Å². The number of hydrogen-bond acceptors (Lipinski definition) is 14. The summed E-state index contributed by atoms with van der Waals surface area (Å²) in [5.41, 5.74) is 0.413. The molecule has 14 nitrogen and oxygen atoms in total. The molecule has 3 aromatic rings. The highest BCUT2D eigenvalue weighted by atomic mass is 19.1. The van der Waals surface area contributed by atoms with E-state index in [1.54, 1.807) is 36.4 Å². The van der Waals surface area contributed by atoms with Crippen LogP contribution in [0.25, 0.3) is 0 Å². The number of unbranched alkanes of at least 4 members (excludes halogenated alkanes) is 11. The molecule has 0 aromatic heterocycles. The van der Waals surface area contributed by atoms with E-state index in [4.69, 9.17) is 37.9 Å². The Hall–Kier alpha value is -6.84. The lowest BCUT2D eigenvalue weighted by atomic mass is 10.1. The number of hydrogen-bond donors (Lipinski definition) is 0. The molecule has 0 saturated heterocycles. The predicted molar refractivity (Wildman–Crippen MR) is 239 cm³/mol. The summed E-state index contributed by atoms with van der Waals surface area (Å²) in [6.07, 6.45) is 11.9. The summed E-state index contributed by atoms with van der Waals surface area (Å²) in [5, 5.41) is 0. The molecule has 0 atom stereocenters. The zero-order valence-electron chi connectivity index (χ0n) is 37.2. The monoisotopic (exact) mass is 920 g/mol. The molecule has 0 saturated carbocycles. The van der Waals surface area contributed by atoms with Crippen molar-refractivity contribution < 1.29 is 75.4 Å². The normalized spacial score (nSPS) is 10.5. The van der Waals surface area contributed by atoms with E-state index in [0.29, 0.717) is 50.4 Å². The number of rotatable bonds is 33. The number of ether oxygens (including phenoxy) is 8. The van der Waals surface area contributed by atoms with Crippen LogP contribution >= 0.6 is 0 Å². The largest absolute Gasteiger partial charge is 0.494 e. The number of carbonyl (C=O) groups is 6. The molecular weight excluding hydrogens is 863 g/mol. The van der Waals surface area contributed by atoms with Gasteiger partial charge in [-0.15, -0.1) is 0 Å². The van der Waals surface area contributed by atoms with Gasteiger partial charge in [-0.1, -0.05) is 71.1 Å². The van der Waals surface area contributed by atoms with Crippen LogP contribution in [-0.4, -0.2) is 68.9 Å². The summed E-state index contributed by atoms with van der Waals surface area (Å²) in [4.78, 5) is 72.6. The first-order valence-corrected chi connectivity index (χ1v) is 21.9. The van der Waals surface area contributed by atoms with Gasteiger partial charge in [0.15, 0.2) is 11.5 Å². The van der Waals surface area contributed by atoms with E-state index in [-0.39, 0.29) is 54.6 Å². The Morgan fingerprint density at radius 3 is 1.33 bits per heavy atom. The molecule has 0 radical (unpaired) electrons. The van der Waals surface area contributed by atoms with Crippen molar-refractivity contribution >= 4 is 35.8 Å². The van der Waals surface area contributed by atoms with Crippen LogP contribution in [0.2, 0.25) is 0 Å². The third kappa shape index (κ3) is 22.2. The molecule has 0 aliphatic carbocycles. The fourth-order valence-corrected chi connectivity index (χ4v) is 5.88. The first kappa shape index (κ1) is 53.5. The Kier molecular flexibility index (Phi) is 25.2. The summed E-state index contributed by atoms with van der Waals surface area (Å²) >= 11 is 0. The fraction of sp³-hybridized carbons (Fsp3) is 0.400. The summed E-state index contributed by atoms with van der Waals surface area (Å²) in [6, 6.07) is 16.7. The lowest BCUT2D eigenvalue weighted by Crippen LogP contribution is -2.13. The minimum absolute atomic E-state index is 0.0109. The van der Waals surface area contributed by atoms with Gasteiger partial charge < -0.3 is 37.9 Å². The highest BCUT2D eigenvalue weighted by molar-refractivity contribution is 5.92. The van der Waals surface area contributed by atoms with Crippen LogP contribution in [0.1, 0.15) is 117 Å². The molecular formula is C50H58F2O14. The van der Waals surface area contributed by atoms with Gasteiger partial charge in [0, 0.05) is 18.6 Å². The van der Waals surface area contributed by atoms with Crippen molar-refractivity contribution in [2.24, 2.45) is 0 Å². The van der Waals surface area contributed by atoms with Crippen molar-refractivity contribution in [2.75, 3.05) is 33.0 Å². The van der Waals surface area contributed by atoms with Gasteiger partial charge in [0.2, 0.25) is 11.7 Å². The number of esters is 6. The third-order valence-electron chi connectivity index (χ3n) is 9.44. The van der Waals surface area contributed by atoms with Crippen molar-refractivity contribution in [1.29, 1.82) is 0 Å². The van der Waals surface area contributed by atoms with E-state index < -0.39 is 47.5 Å². The number of benzene rings is 3. The molecule has 3 aromatic carbocycles. The van der Waals surface area contributed by atoms with Crippen LogP contribution in [0.5, 0.6) is 28.7 Å². The molecule has 66 heavy (non-hydrogen) atoms. The second-order valence-electron chi connectivity index (χ2n) is 14.8. The topological polar surface area (TPSA) is 176 Å². The maximum absolute atomic E-state index is 13.2. The van der Waals surface area contributed by atoms with E-state index in [0.717, 1.165) is 70.3 Å². The third-order valence-corrected chi connectivity index (χ3v) is 9.44. The van der Waals surface area contributed by atoms with E-state index in [1.807, 2.05) is 0 Å². The molecule has 0 spiro atoms. The summed E-state index contributed by atoms with van der Waals surface area (Å²) in [7, 11) is 0. The maximum Gasteiger partial charge on any atom is 0.366 e. The standard InChI is InChI=1S/C50H58F2O14/c1-4-45(53)61-32-18-13-19-46(54)65-44-35-42(64-49(57)38-20-24-40(25-21-38)59-30-14-9-5-7-11-16-33-62-47(55)36(2)51)28-29-43(44)66-50(58)39-22-26-41(27-23-39)60-31-15-10-6-8-12-17-34-63-48(56)37(3)52/h4,20-29,35H,1-3,5-19,30-34H2. The lowest BCUT2D eigenvalue weighted by Gasteiger charge is -2.13.